The number of thiol groups is 1. The average molecular weight is 357 g/mol. The van der Waals surface area contributed by atoms with Crippen LogP contribution in [-0.4, -0.2) is 59.1 Å². The number of nitrogens with zero attached hydrogens (tertiary/aromatic N) is 1. The van der Waals surface area contributed by atoms with Gasteiger partial charge in [-0.25, -0.2) is 4.79 Å². The van der Waals surface area contributed by atoms with Crippen molar-refractivity contribution in [3.8, 4) is 0 Å². The number of ketones is 1. The Morgan fingerprint density at radius 3 is 2.96 bits per heavy atom. The van der Waals surface area contributed by atoms with Crippen LogP contribution in [-0.2, 0) is 9.63 Å². The Morgan fingerprint density at radius 2 is 2.25 bits per heavy atom. The number of Topliss-reactive ketones (excluding diaryl/α,β-unsaturated/α-hetero) is 1. The number of hydroxylamine groups is 2. The minimum absolute atomic E-state index is 0.0543. The van der Waals surface area contributed by atoms with Crippen molar-refractivity contribution < 1.29 is 19.5 Å². The summed E-state index contributed by atoms with van der Waals surface area (Å²) in [5.74, 6) is 0.137. The predicted octanol–water partition coefficient (Wildman–Crippen LogP) is 0.998. The summed E-state index contributed by atoms with van der Waals surface area (Å²) < 4.78 is 0. The van der Waals surface area contributed by atoms with Gasteiger partial charge in [-0.05, 0) is 25.7 Å². The molecule has 0 aromatic carbocycles. The van der Waals surface area contributed by atoms with Gasteiger partial charge < -0.3 is 15.7 Å². The number of unbranched alkanes of at least 4 members (excludes halogenated alkanes) is 1. The van der Waals surface area contributed by atoms with Crippen LogP contribution in [0.5, 0.6) is 0 Å². The van der Waals surface area contributed by atoms with Crippen LogP contribution in [0.2, 0.25) is 0 Å². The maximum atomic E-state index is 12.0. The Balaban J connectivity index is 1.62. The Hall–Kier alpha value is -1.25. The quantitative estimate of drug-likeness (QED) is 0.365. The molecule has 2 saturated heterocycles. The number of urea groups is 1. The topological polar surface area (TPSA) is 90.9 Å². The molecule has 3 atom stereocenters. The molecule has 0 bridgehead atoms. The van der Waals surface area contributed by atoms with Crippen LogP contribution in [0.1, 0.15) is 38.5 Å². The van der Waals surface area contributed by atoms with Gasteiger partial charge in [0.15, 0.2) is 5.78 Å². The van der Waals surface area contributed by atoms with E-state index >= 15 is 0 Å². The molecule has 2 fully saturated rings. The molecule has 136 valence electrons. The molecule has 8 heteroatoms. The molecular formula is C16H27N3O4S. The first-order chi connectivity index (χ1) is 11.5. The monoisotopic (exact) mass is 357 g/mol. The summed E-state index contributed by atoms with van der Waals surface area (Å²) in [6.07, 6.45) is 4.70. The molecule has 0 aliphatic carbocycles. The molecule has 2 heterocycles. The molecule has 3 N–H and O–H groups in total. The highest BCUT2D eigenvalue weighted by Crippen LogP contribution is 2.19. The largest absolute Gasteiger partial charge is 0.394 e. The van der Waals surface area contributed by atoms with Crippen LogP contribution in [0, 0.1) is 0 Å². The third-order valence-electron chi connectivity index (χ3n) is 4.39. The van der Waals surface area contributed by atoms with Gasteiger partial charge >= 0.3 is 6.03 Å². The van der Waals surface area contributed by atoms with Gasteiger partial charge in [-0.2, -0.15) is 12.6 Å². The SMILES string of the molecule is C=C1CCCON1CC(=O)CCCCC(S)C1NC(=O)NC1CO. The maximum Gasteiger partial charge on any atom is 0.315 e. The zero-order chi connectivity index (χ0) is 17.5. The van der Waals surface area contributed by atoms with Crippen LogP contribution in [0.4, 0.5) is 4.79 Å². The van der Waals surface area contributed by atoms with E-state index in [0.29, 0.717) is 13.0 Å². The molecule has 24 heavy (non-hydrogen) atoms. The molecular weight excluding hydrogens is 330 g/mol. The molecule has 2 amide bonds. The van der Waals surface area contributed by atoms with Crippen LogP contribution in [0.3, 0.4) is 0 Å². The van der Waals surface area contributed by atoms with Crippen molar-refractivity contribution in [2.24, 2.45) is 0 Å². The second-order valence-corrected chi connectivity index (χ2v) is 6.99. The van der Waals surface area contributed by atoms with Crippen molar-refractivity contribution in [1.29, 1.82) is 0 Å². The van der Waals surface area contributed by atoms with E-state index in [4.69, 9.17) is 4.84 Å². The molecule has 2 aliphatic heterocycles. The normalized spacial score (nSPS) is 25.3. The third-order valence-corrected chi connectivity index (χ3v) is 4.97. The lowest BCUT2D eigenvalue weighted by atomic mass is 10.0. The van der Waals surface area contributed by atoms with Crippen LogP contribution in [0.25, 0.3) is 0 Å². The number of hydrogen-bond donors (Lipinski definition) is 4. The summed E-state index contributed by atoms with van der Waals surface area (Å²) >= 11 is 4.53. The minimum Gasteiger partial charge on any atom is -0.394 e. The van der Waals surface area contributed by atoms with Crippen molar-refractivity contribution in [1.82, 2.24) is 15.7 Å². The number of aliphatic hydroxyl groups is 1. The fourth-order valence-corrected chi connectivity index (χ4v) is 3.46. The van der Waals surface area contributed by atoms with Crippen molar-refractivity contribution in [2.45, 2.75) is 55.9 Å². The highest BCUT2D eigenvalue weighted by Gasteiger charge is 2.35. The Labute approximate surface area is 148 Å². The standard InChI is InChI=1S/C16H27N3O4S/c1-11-5-4-8-23-19(11)9-12(21)6-2-3-7-14(24)15-13(10-20)17-16(22)18-15/h13-15,20,24H,1-10H2,(H2,17,18,22). The predicted molar refractivity (Wildman–Crippen MR) is 93.6 cm³/mol. The zero-order valence-corrected chi connectivity index (χ0v) is 14.8. The summed E-state index contributed by atoms with van der Waals surface area (Å²) in [5, 5.41) is 16.3. The van der Waals surface area contributed by atoms with Gasteiger partial charge in [0.2, 0.25) is 0 Å². The van der Waals surface area contributed by atoms with Crippen LogP contribution >= 0.6 is 12.6 Å². The molecule has 7 nitrogen and oxygen atoms in total. The molecule has 0 spiro atoms. The second kappa shape index (κ2) is 9.29. The van der Waals surface area contributed by atoms with E-state index in [1.165, 1.54) is 0 Å². The van der Waals surface area contributed by atoms with Gasteiger partial charge in [0.1, 0.15) is 6.54 Å². The number of hydrogen-bond acceptors (Lipinski definition) is 6. The number of rotatable bonds is 9. The summed E-state index contributed by atoms with van der Waals surface area (Å²) in [5.41, 5.74) is 0.865. The second-order valence-electron chi connectivity index (χ2n) is 6.32. The van der Waals surface area contributed by atoms with Crippen molar-refractivity contribution in [3.63, 3.8) is 0 Å². The van der Waals surface area contributed by atoms with E-state index in [9.17, 15) is 14.7 Å². The molecule has 3 unspecified atom stereocenters. The van der Waals surface area contributed by atoms with E-state index in [1.54, 1.807) is 5.06 Å². The van der Waals surface area contributed by atoms with Crippen molar-refractivity contribution in [3.05, 3.63) is 12.3 Å². The van der Waals surface area contributed by atoms with Crippen LogP contribution < -0.4 is 10.6 Å². The Kier molecular flexibility index (Phi) is 7.39. The lowest BCUT2D eigenvalue weighted by Crippen LogP contribution is -2.43. The average Bonchev–Trinajstić information content (AvgIpc) is 2.94. The van der Waals surface area contributed by atoms with Gasteiger partial charge in [-0.1, -0.05) is 13.0 Å². The van der Waals surface area contributed by atoms with E-state index in [2.05, 4.69) is 29.8 Å². The first kappa shape index (κ1) is 19.1. The van der Waals surface area contributed by atoms with Gasteiger partial charge in [0.25, 0.3) is 0 Å². The molecule has 2 aliphatic rings. The highest BCUT2D eigenvalue weighted by molar-refractivity contribution is 7.81. The lowest BCUT2D eigenvalue weighted by molar-refractivity contribution is -0.160. The third kappa shape index (κ3) is 5.39. The first-order valence-corrected chi connectivity index (χ1v) is 8.98. The summed E-state index contributed by atoms with van der Waals surface area (Å²) in [4.78, 5) is 28.8. The molecule has 2 rings (SSSR count). The van der Waals surface area contributed by atoms with E-state index < -0.39 is 0 Å². The Bertz CT molecular complexity index is 474. The van der Waals surface area contributed by atoms with E-state index in [-0.39, 0.29) is 42.3 Å². The van der Waals surface area contributed by atoms with Gasteiger partial charge in [-0.3, -0.25) is 14.7 Å². The highest BCUT2D eigenvalue weighted by atomic mass is 32.1. The number of amides is 2. The number of nitrogens with one attached hydrogen (secondary N) is 2. The Morgan fingerprint density at radius 1 is 1.46 bits per heavy atom. The number of carbonyl (C=O) groups excluding carboxylic acids is 2. The van der Waals surface area contributed by atoms with E-state index in [1.807, 2.05) is 0 Å². The fraction of sp³-hybridized carbons (Fsp3) is 0.750. The molecule has 0 radical (unpaired) electrons. The van der Waals surface area contributed by atoms with Crippen LogP contribution in [0.15, 0.2) is 12.3 Å². The minimum atomic E-state index is -0.302. The smallest absolute Gasteiger partial charge is 0.315 e. The summed E-state index contributed by atoms with van der Waals surface area (Å²) in [6.45, 7) is 4.70. The molecule has 0 saturated carbocycles. The van der Waals surface area contributed by atoms with E-state index in [0.717, 1.165) is 37.8 Å². The number of allylic oxidation sites excluding steroid dienone is 1. The fourth-order valence-electron chi connectivity index (χ4n) is 2.99. The molecule has 0 aromatic heterocycles. The van der Waals surface area contributed by atoms with Gasteiger partial charge in [-0.15, -0.1) is 0 Å². The molecule has 0 aromatic rings. The first-order valence-electron chi connectivity index (χ1n) is 8.47. The van der Waals surface area contributed by atoms with Gasteiger partial charge in [0, 0.05) is 17.4 Å². The summed E-state index contributed by atoms with van der Waals surface area (Å²) in [7, 11) is 0. The number of carbonyl (C=O) groups is 2. The zero-order valence-electron chi connectivity index (χ0n) is 13.9. The number of aliphatic hydroxyl groups excluding tert-OH is 1. The van der Waals surface area contributed by atoms with Crippen molar-refractivity contribution >= 4 is 24.4 Å². The maximum absolute atomic E-state index is 12.0. The van der Waals surface area contributed by atoms with Crippen molar-refractivity contribution in [2.75, 3.05) is 19.8 Å². The van der Waals surface area contributed by atoms with Gasteiger partial charge in [0.05, 0.1) is 25.3 Å². The summed E-state index contributed by atoms with van der Waals surface area (Å²) in [6, 6.07) is -0.759. The lowest BCUT2D eigenvalue weighted by Gasteiger charge is -2.29.